The smallest absolute Gasteiger partial charge is 0.416 e. The van der Waals surface area contributed by atoms with Gasteiger partial charge in [0, 0.05) is 30.2 Å². The Labute approximate surface area is 163 Å². The topological polar surface area (TPSA) is 75.4 Å². The maximum atomic E-state index is 12.8. The molecule has 0 fully saturated rings. The van der Waals surface area contributed by atoms with Crippen LogP contribution in [0.2, 0.25) is 0 Å². The van der Waals surface area contributed by atoms with E-state index >= 15 is 0 Å². The molecule has 0 aliphatic carbocycles. The summed E-state index contributed by atoms with van der Waals surface area (Å²) in [6, 6.07) is 10.7. The Morgan fingerprint density at radius 2 is 1.69 bits per heavy atom. The van der Waals surface area contributed by atoms with Gasteiger partial charge in [0.1, 0.15) is 6.54 Å². The molecule has 3 rings (SSSR count). The Balaban J connectivity index is 1.79. The summed E-state index contributed by atoms with van der Waals surface area (Å²) >= 11 is 0. The SMILES string of the molecule is O=C(O)CN(Cc1ccc(C(F)(F)F)cc1)C(=O)c1ccc(-n2ccnc2)cc1. The predicted octanol–water partition coefficient (Wildman–Crippen LogP) is 3.62. The van der Waals surface area contributed by atoms with Crippen molar-refractivity contribution in [2.75, 3.05) is 6.54 Å². The molecule has 0 spiro atoms. The van der Waals surface area contributed by atoms with E-state index < -0.39 is 30.2 Å². The number of benzene rings is 2. The molecule has 1 aromatic heterocycles. The highest BCUT2D eigenvalue weighted by Crippen LogP contribution is 2.29. The number of carbonyl (C=O) groups is 2. The van der Waals surface area contributed by atoms with Crippen LogP contribution in [0.4, 0.5) is 13.2 Å². The Morgan fingerprint density at radius 1 is 1.03 bits per heavy atom. The zero-order valence-electron chi connectivity index (χ0n) is 15.0. The molecule has 2 aromatic carbocycles. The number of carboxylic acid groups (broad SMARTS) is 1. The van der Waals surface area contributed by atoms with E-state index in [-0.39, 0.29) is 12.1 Å². The first-order chi connectivity index (χ1) is 13.7. The molecule has 150 valence electrons. The molecule has 0 aliphatic heterocycles. The molecule has 9 heteroatoms. The fourth-order valence-electron chi connectivity index (χ4n) is 2.75. The second-order valence-corrected chi connectivity index (χ2v) is 6.27. The Hall–Kier alpha value is -3.62. The summed E-state index contributed by atoms with van der Waals surface area (Å²) in [7, 11) is 0. The van der Waals surface area contributed by atoms with Crippen molar-refractivity contribution in [1.82, 2.24) is 14.5 Å². The summed E-state index contributed by atoms with van der Waals surface area (Å²) in [5.74, 6) is -1.76. The highest BCUT2D eigenvalue weighted by Gasteiger charge is 2.30. The Kier molecular flexibility index (Phi) is 5.67. The number of aromatic nitrogens is 2. The van der Waals surface area contributed by atoms with Crippen molar-refractivity contribution < 1.29 is 27.9 Å². The average molecular weight is 403 g/mol. The van der Waals surface area contributed by atoms with Gasteiger partial charge >= 0.3 is 12.1 Å². The molecule has 0 saturated heterocycles. The summed E-state index contributed by atoms with van der Waals surface area (Å²) in [6.45, 7) is -0.713. The number of hydrogen-bond acceptors (Lipinski definition) is 3. The van der Waals surface area contributed by atoms with Gasteiger partial charge in [0.2, 0.25) is 0 Å². The van der Waals surface area contributed by atoms with E-state index in [4.69, 9.17) is 5.11 Å². The van der Waals surface area contributed by atoms with E-state index in [1.807, 2.05) is 0 Å². The first-order valence-electron chi connectivity index (χ1n) is 8.49. The van der Waals surface area contributed by atoms with Gasteiger partial charge in [0.25, 0.3) is 5.91 Å². The van der Waals surface area contributed by atoms with Gasteiger partial charge in [-0.25, -0.2) is 4.98 Å². The van der Waals surface area contributed by atoms with Gasteiger partial charge in [0.05, 0.1) is 11.9 Å². The van der Waals surface area contributed by atoms with E-state index in [0.29, 0.717) is 5.56 Å². The molecule has 1 heterocycles. The lowest BCUT2D eigenvalue weighted by Crippen LogP contribution is -2.35. The molecule has 0 atom stereocenters. The number of rotatable bonds is 6. The molecular weight excluding hydrogens is 387 g/mol. The third kappa shape index (κ3) is 5.01. The third-order valence-corrected chi connectivity index (χ3v) is 4.18. The monoisotopic (exact) mass is 403 g/mol. The van der Waals surface area contributed by atoms with Gasteiger partial charge in [-0.3, -0.25) is 9.59 Å². The number of carbonyl (C=O) groups excluding carboxylic acids is 1. The number of aliphatic carboxylic acids is 1. The standard InChI is InChI=1S/C20H16F3N3O3/c21-20(22,23)16-5-1-14(2-6-16)11-26(12-18(27)28)19(29)15-3-7-17(8-4-15)25-10-9-24-13-25/h1-10,13H,11-12H2,(H,27,28). The maximum absolute atomic E-state index is 12.8. The van der Waals surface area contributed by atoms with Crippen LogP contribution in [0.3, 0.4) is 0 Å². The van der Waals surface area contributed by atoms with Crippen molar-refractivity contribution in [2.45, 2.75) is 12.7 Å². The maximum Gasteiger partial charge on any atom is 0.416 e. The largest absolute Gasteiger partial charge is 0.480 e. The number of carboxylic acids is 1. The minimum atomic E-state index is -4.47. The highest BCUT2D eigenvalue weighted by molar-refractivity contribution is 5.96. The van der Waals surface area contributed by atoms with Crippen LogP contribution in [0.5, 0.6) is 0 Å². The van der Waals surface area contributed by atoms with Crippen LogP contribution in [0.1, 0.15) is 21.5 Å². The lowest BCUT2D eigenvalue weighted by atomic mass is 10.1. The molecule has 3 aromatic rings. The van der Waals surface area contributed by atoms with Crippen molar-refractivity contribution in [3.63, 3.8) is 0 Å². The number of amides is 1. The zero-order valence-corrected chi connectivity index (χ0v) is 15.0. The molecule has 0 aliphatic rings. The normalized spacial score (nSPS) is 11.3. The molecule has 0 saturated carbocycles. The van der Waals surface area contributed by atoms with Crippen LogP contribution in [0.15, 0.2) is 67.3 Å². The second kappa shape index (κ2) is 8.17. The predicted molar refractivity (Wildman–Crippen MR) is 97.4 cm³/mol. The van der Waals surface area contributed by atoms with E-state index in [0.717, 1.165) is 22.7 Å². The Morgan fingerprint density at radius 3 is 2.21 bits per heavy atom. The number of hydrogen-bond donors (Lipinski definition) is 1. The molecule has 1 N–H and O–H groups in total. The number of imidazole rings is 1. The minimum Gasteiger partial charge on any atom is -0.480 e. The summed E-state index contributed by atoms with van der Waals surface area (Å²) in [4.78, 5) is 29.0. The van der Waals surface area contributed by atoms with Crippen LogP contribution >= 0.6 is 0 Å². The molecule has 1 amide bonds. The number of nitrogens with zero attached hydrogens (tertiary/aromatic N) is 3. The summed E-state index contributed by atoms with van der Waals surface area (Å²) in [5, 5.41) is 9.12. The van der Waals surface area contributed by atoms with Crippen molar-refractivity contribution in [3.05, 3.63) is 83.9 Å². The van der Waals surface area contributed by atoms with Crippen LogP contribution in [0, 0.1) is 0 Å². The van der Waals surface area contributed by atoms with Gasteiger partial charge in [-0.05, 0) is 42.0 Å². The molecule has 29 heavy (non-hydrogen) atoms. The van der Waals surface area contributed by atoms with E-state index in [1.165, 1.54) is 12.1 Å². The summed E-state index contributed by atoms with van der Waals surface area (Å²) in [5.41, 5.74) is 0.615. The van der Waals surface area contributed by atoms with Gasteiger partial charge in [-0.2, -0.15) is 13.2 Å². The summed E-state index contributed by atoms with van der Waals surface area (Å²) in [6.07, 6.45) is 0.472. The quantitative estimate of drug-likeness (QED) is 0.682. The number of alkyl halides is 3. The third-order valence-electron chi connectivity index (χ3n) is 4.18. The van der Waals surface area contributed by atoms with Crippen molar-refractivity contribution in [2.24, 2.45) is 0 Å². The van der Waals surface area contributed by atoms with Gasteiger partial charge < -0.3 is 14.6 Å². The van der Waals surface area contributed by atoms with Crippen LogP contribution in [-0.2, 0) is 17.5 Å². The van der Waals surface area contributed by atoms with Gasteiger partial charge in [-0.1, -0.05) is 12.1 Å². The molecule has 0 radical (unpaired) electrons. The first-order valence-corrected chi connectivity index (χ1v) is 8.49. The van der Waals surface area contributed by atoms with E-state index in [1.54, 1.807) is 47.6 Å². The summed E-state index contributed by atoms with van der Waals surface area (Å²) < 4.78 is 39.8. The van der Waals surface area contributed by atoms with Gasteiger partial charge in [0.15, 0.2) is 0 Å². The van der Waals surface area contributed by atoms with Gasteiger partial charge in [-0.15, -0.1) is 0 Å². The van der Waals surface area contributed by atoms with Crippen molar-refractivity contribution in [1.29, 1.82) is 0 Å². The highest BCUT2D eigenvalue weighted by atomic mass is 19.4. The minimum absolute atomic E-state index is 0.132. The fraction of sp³-hybridized carbons (Fsp3) is 0.150. The van der Waals surface area contributed by atoms with Crippen molar-refractivity contribution in [3.8, 4) is 5.69 Å². The zero-order chi connectivity index (χ0) is 21.0. The van der Waals surface area contributed by atoms with E-state index in [2.05, 4.69) is 4.98 Å². The number of halogens is 3. The molecule has 0 unspecified atom stereocenters. The Bertz CT molecular complexity index is 983. The molecule has 0 bridgehead atoms. The van der Waals surface area contributed by atoms with Crippen LogP contribution in [-0.4, -0.2) is 38.0 Å². The fourth-order valence-corrected chi connectivity index (χ4v) is 2.75. The lowest BCUT2D eigenvalue weighted by molar-refractivity contribution is -0.138. The first kappa shape index (κ1) is 20.1. The lowest BCUT2D eigenvalue weighted by Gasteiger charge is -2.21. The molecular formula is C20H16F3N3O3. The van der Waals surface area contributed by atoms with Crippen LogP contribution < -0.4 is 0 Å². The van der Waals surface area contributed by atoms with E-state index in [9.17, 15) is 22.8 Å². The molecule has 6 nitrogen and oxygen atoms in total. The van der Waals surface area contributed by atoms with Crippen LogP contribution in [0.25, 0.3) is 5.69 Å². The van der Waals surface area contributed by atoms with Crippen molar-refractivity contribution >= 4 is 11.9 Å². The average Bonchev–Trinajstić information content (AvgIpc) is 3.21. The second-order valence-electron chi connectivity index (χ2n) is 6.27.